The molecule has 4 rings (SSSR count). The molecule has 4 heterocycles. The molecule has 2 aliphatic heterocycles. The first-order valence-corrected chi connectivity index (χ1v) is 9.47. The molecular formula is C17H25N5OS. The second kappa shape index (κ2) is 6.92. The fourth-order valence-electron chi connectivity index (χ4n) is 3.90. The third-order valence-corrected chi connectivity index (χ3v) is 5.93. The van der Waals surface area contributed by atoms with Crippen molar-refractivity contribution in [2.24, 2.45) is 12.5 Å². The van der Waals surface area contributed by atoms with E-state index in [9.17, 15) is 0 Å². The van der Waals surface area contributed by atoms with Gasteiger partial charge >= 0.3 is 0 Å². The van der Waals surface area contributed by atoms with Crippen molar-refractivity contribution in [1.82, 2.24) is 24.3 Å². The Bertz CT molecular complexity index is 658. The van der Waals surface area contributed by atoms with E-state index in [1.54, 1.807) is 11.3 Å². The first-order valence-electron chi connectivity index (χ1n) is 8.60. The fraction of sp³-hybridized carbons (Fsp3) is 0.647. The van der Waals surface area contributed by atoms with E-state index in [4.69, 9.17) is 4.74 Å². The molecule has 6 nitrogen and oxygen atoms in total. The first-order chi connectivity index (χ1) is 11.7. The van der Waals surface area contributed by atoms with Gasteiger partial charge in [-0.1, -0.05) is 0 Å². The molecule has 24 heavy (non-hydrogen) atoms. The summed E-state index contributed by atoms with van der Waals surface area (Å²) in [6, 6.07) is 0. The number of likely N-dealkylation sites (tertiary alicyclic amines) is 1. The van der Waals surface area contributed by atoms with E-state index in [-0.39, 0.29) is 5.41 Å². The summed E-state index contributed by atoms with van der Waals surface area (Å²) in [4.78, 5) is 14.0. The van der Waals surface area contributed by atoms with Gasteiger partial charge in [-0.05, 0) is 13.0 Å². The number of nitrogens with zero attached hydrogens (tertiary/aromatic N) is 5. The lowest BCUT2D eigenvalue weighted by Gasteiger charge is -2.31. The molecule has 0 N–H and O–H groups in total. The van der Waals surface area contributed by atoms with Crippen molar-refractivity contribution >= 4 is 11.3 Å². The van der Waals surface area contributed by atoms with Crippen molar-refractivity contribution in [2.45, 2.75) is 19.5 Å². The summed E-state index contributed by atoms with van der Waals surface area (Å²) in [7, 11) is 2.07. The molecule has 1 spiro atoms. The predicted molar refractivity (Wildman–Crippen MR) is 93.7 cm³/mol. The summed E-state index contributed by atoms with van der Waals surface area (Å²) in [6.07, 6.45) is 7.00. The van der Waals surface area contributed by atoms with E-state index in [2.05, 4.69) is 36.8 Å². The minimum atomic E-state index is 0.249. The molecule has 2 aromatic rings. The average Bonchev–Trinajstić information content (AvgIpc) is 3.26. The number of hydrogen-bond donors (Lipinski definition) is 0. The van der Waals surface area contributed by atoms with Gasteiger partial charge in [-0.2, -0.15) is 0 Å². The van der Waals surface area contributed by atoms with E-state index in [1.807, 2.05) is 18.6 Å². The third-order valence-electron chi connectivity index (χ3n) is 5.16. The SMILES string of the molecule is Cn1ccnc1CN1CC[C@]2(COCCN(Cc3nccs3)C2)C1. The van der Waals surface area contributed by atoms with Crippen LogP contribution in [-0.2, 0) is 24.9 Å². The minimum Gasteiger partial charge on any atom is -0.379 e. The normalized spacial score (nSPS) is 26.2. The van der Waals surface area contributed by atoms with Crippen molar-refractivity contribution in [3.63, 3.8) is 0 Å². The quantitative estimate of drug-likeness (QED) is 0.841. The summed E-state index contributed by atoms with van der Waals surface area (Å²) >= 11 is 1.74. The molecule has 0 aromatic carbocycles. The highest BCUT2D eigenvalue weighted by molar-refractivity contribution is 7.09. The first kappa shape index (κ1) is 16.2. The van der Waals surface area contributed by atoms with Gasteiger partial charge in [-0.25, -0.2) is 9.97 Å². The van der Waals surface area contributed by atoms with Gasteiger partial charge in [0.15, 0.2) is 0 Å². The van der Waals surface area contributed by atoms with Crippen molar-refractivity contribution < 1.29 is 4.74 Å². The Morgan fingerprint density at radius 2 is 2.04 bits per heavy atom. The van der Waals surface area contributed by atoms with Crippen LogP contribution in [0.2, 0.25) is 0 Å². The molecule has 2 saturated heterocycles. The van der Waals surface area contributed by atoms with Crippen LogP contribution in [0.25, 0.3) is 0 Å². The maximum atomic E-state index is 5.98. The van der Waals surface area contributed by atoms with Crippen molar-refractivity contribution in [3.8, 4) is 0 Å². The lowest BCUT2D eigenvalue weighted by Crippen LogP contribution is -2.40. The number of rotatable bonds is 4. The second-order valence-electron chi connectivity index (χ2n) is 7.10. The number of aromatic nitrogens is 3. The summed E-state index contributed by atoms with van der Waals surface area (Å²) in [5.41, 5.74) is 0.249. The van der Waals surface area contributed by atoms with Gasteiger partial charge < -0.3 is 9.30 Å². The highest BCUT2D eigenvalue weighted by Crippen LogP contribution is 2.34. The number of imidazole rings is 1. The van der Waals surface area contributed by atoms with Gasteiger partial charge in [0.2, 0.25) is 0 Å². The Hall–Kier alpha value is -1.28. The maximum absolute atomic E-state index is 5.98. The van der Waals surface area contributed by atoms with Crippen molar-refractivity contribution in [2.75, 3.05) is 39.4 Å². The van der Waals surface area contributed by atoms with E-state index in [0.717, 1.165) is 58.3 Å². The Morgan fingerprint density at radius 3 is 2.79 bits per heavy atom. The Morgan fingerprint density at radius 1 is 1.17 bits per heavy atom. The highest BCUT2D eigenvalue weighted by Gasteiger charge is 2.41. The smallest absolute Gasteiger partial charge is 0.122 e. The molecule has 7 heteroatoms. The number of hydrogen-bond acceptors (Lipinski definition) is 6. The zero-order chi connectivity index (χ0) is 16.4. The van der Waals surface area contributed by atoms with Gasteiger partial charge in [0, 0.05) is 56.1 Å². The van der Waals surface area contributed by atoms with Crippen LogP contribution in [0.3, 0.4) is 0 Å². The molecule has 0 unspecified atom stereocenters. The van der Waals surface area contributed by atoms with Crippen LogP contribution in [0.5, 0.6) is 0 Å². The van der Waals surface area contributed by atoms with Crippen LogP contribution in [0.15, 0.2) is 24.0 Å². The zero-order valence-electron chi connectivity index (χ0n) is 14.2. The van der Waals surface area contributed by atoms with E-state index >= 15 is 0 Å². The predicted octanol–water partition coefficient (Wildman–Crippen LogP) is 1.60. The van der Waals surface area contributed by atoms with Crippen LogP contribution in [0.4, 0.5) is 0 Å². The topological polar surface area (TPSA) is 46.4 Å². The summed E-state index contributed by atoms with van der Waals surface area (Å²) in [5.74, 6) is 1.14. The van der Waals surface area contributed by atoms with E-state index in [0.29, 0.717) is 0 Å². The molecule has 2 aromatic heterocycles. The van der Waals surface area contributed by atoms with Crippen LogP contribution < -0.4 is 0 Å². The van der Waals surface area contributed by atoms with Crippen LogP contribution >= 0.6 is 11.3 Å². The largest absolute Gasteiger partial charge is 0.379 e. The molecule has 0 saturated carbocycles. The molecular weight excluding hydrogens is 322 g/mol. The lowest BCUT2D eigenvalue weighted by atomic mass is 9.87. The van der Waals surface area contributed by atoms with Crippen LogP contribution in [-0.4, -0.2) is 63.7 Å². The molecule has 1 atom stereocenters. The van der Waals surface area contributed by atoms with E-state index < -0.39 is 0 Å². The molecule has 0 bridgehead atoms. The van der Waals surface area contributed by atoms with Gasteiger partial charge in [-0.15, -0.1) is 11.3 Å². The Balaban J connectivity index is 1.41. The van der Waals surface area contributed by atoms with Gasteiger partial charge in [0.05, 0.1) is 26.3 Å². The summed E-state index contributed by atoms with van der Waals surface area (Å²) in [6.45, 7) is 7.89. The average molecular weight is 347 g/mol. The molecule has 0 aliphatic carbocycles. The van der Waals surface area contributed by atoms with Crippen LogP contribution in [0, 0.1) is 5.41 Å². The van der Waals surface area contributed by atoms with Crippen molar-refractivity contribution in [3.05, 3.63) is 34.8 Å². The molecule has 2 aliphatic rings. The minimum absolute atomic E-state index is 0.249. The van der Waals surface area contributed by atoms with E-state index in [1.165, 1.54) is 11.4 Å². The van der Waals surface area contributed by atoms with Gasteiger partial charge in [-0.3, -0.25) is 9.80 Å². The highest BCUT2D eigenvalue weighted by atomic mass is 32.1. The fourth-order valence-corrected chi connectivity index (χ4v) is 4.55. The summed E-state index contributed by atoms with van der Waals surface area (Å²) in [5, 5.41) is 3.26. The number of aryl methyl sites for hydroxylation is 1. The third kappa shape index (κ3) is 3.54. The molecule has 0 amide bonds. The number of thiazole rings is 1. The Labute approximate surface area is 147 Å². The standard InChI is InChI=1S/C17H25N5OS/c1-20-6-3-18-15(20)10-21-5-2-17(12-21)13-22(7-8-23-14-17)11-16-19-4-9-24-16/h3-4,6,9H,2,5,7-8,10-14H2,1H3/t17-/m0/s1. The lowest BCUT2D eigenvalue weighted by molar-refractivity contribution is 0.0703. The maximum Gasteiger partial charge on any atom is 0.122 e. The molecule has 0 radical (unpaired) electrons. The second-order valence-corrected chi connectivity index (χ2v) is 8.08. The number of ether oxygens (including phenoxy) is 1. The zero-order valence-corrected chi connectivity index (χ0v) is 15.0. The van der Waals surface area contributed by atoms with Gasteiger partial charge in [0.25, 0.3) is 0 Å². The van der Waals surface area contributed by atoms with Crippen LogP contribution in [0.1, 0.15) is 17.3 Å². The van der Waals surface area contributed by atoms with Crippen molar-refractivity contribution in [1.29, 1.82) is 0 Å². The molecule has 2 fully saturated rings. The Kier molecular flexibility index (Phi) is 4.67. The monoisotopic (exact) mass is 347 g/mol. The summed E-state index contributed by atoms with van der Waals surface area (Å²) < 4.78 is 8.10. The molecule has 130 valence electrons. The van der Waals surface area contributed by atoms with Gasteiger partial charge in [0.1, 0.15) is 10.8 Å².